The number of ether oxygens (including phenoxy) is 2. The fourth-order valence-corrected chi connectivity index (χ4v) is 4.40. The molecule has 2 amide bonds. The van der Waals surface area contributed by atoms with Gasteiger partial charge in [-0.2, -0.15) is 5.10 Å². The Morgan fingerprint density at radius 1 is 1.09 bits per heavy atom. The van der Waals surface area contributed by atoms with Gasteiger partial charge >= 0.3 is 5.24 Å². The summed E-state index contributed by atoms with van der Waals surface area (Å²) in [6.45, 7) is 8.16. The van der Waals surface area contributed by atoms with Gasteiger partial charge in [-0.15, -0.1) is 0 Å². The molecule has 7 nitrogen and oxygen atoms in total. The quantitative estimate of drug-likeness (QED) is 0.530. The van der Waals surface area contributed by atoms with E-state index in [0.717, 1.165) is 28.9 Å². The lowest BCUT2D eigenvalue weighted by Crippen LogP contribution is -2.36. The Morgan fingerprint density at radius 3 is 2.35 bits per heavy atom. The SMILES string of the molecule is CCC1SC(=O)N(CCc2ccc(NC(=O)C(C)(C)C)cc2)N=C1c1ccc(OC)c(OC)c1. The molecule has 3 rings (SSSR count). The van der Waals surface area contributed by atoms with Gasteiger partial charge < -0.3 is 14.8 Å². The first kappa shape index (κ1) is 25.6. The molecule has 0 fully saturated rings. The lowest BCUT2D eigenvalue weighted by Gasteiger charge is -2.28. The highest BCUT2D eigenvalue weighted by Crippen LogP contribution is 2.33. The van der Waals surface area contributed by atoms with Crippen LogP contribution in [0.3, 0.4) is 0 Å². The van der Waals surface area contributed by atoms with Crippen LogP contribution >= 0.6 is 11.8 Å². The number of hydrazone groups is 1. The van der Waals surface area contributed by atoms with Gasteiger partial charge in [0.1, 0.15) is 0 Å². The number of carbonyl (C=O) groups is 2. The number of methoxy groups -OCH3 is 2. The minimum atomic E-state index is -0.453. The van der Waals surface area contributed by atoms with Gasteiger partial charge in [0.25, 0.3) is 0 Å². The van der Waals surface area contributed by atoms with E-state index in [1.54, 1.807) is 14.2 Å². The Balaban J connectivity index is 1.74. The summed E-state index contributed by atoms with van der Waals surface area (Å²) >= 11 is 1.30. The number of hydrogen-bond acceptors (Lipinski definition) is 6. The molecule has 8 heteroatoms. The van der Waals surface area contributed by atoms with Crippen LogP contribution in [0, 0.1) is 5.41 Å². The van der Waals surface area contributed by atoms with Crippen molar-refractivity contribution < 1.29 is 19.1 Å². The van der Waals surface area contributed by atoms with Crippen molar-refractivity contribution in [2.45, 2.75) is 45.8 Å². The van der Waals surface area contributed by atoms with Crippen LogP contribution in [-0.4, -0.2) is 47.9 Å². The molecule has 2 aromatic rings. The van der Waals surface area contributed by atoms with Crippen molar-refractivity contribution in [2.24, 2.45) is 10.5 Å². The molecule has 0 spiro atoms. The van der Waals surface area contributed by atoms with Crippen LogP contribution in [0.15, 0.2) is 47.6 Å². The molecule has 1 aliphatic heterocycles. The summed E-state index contributed by atoms with van der Waals surface area (Å²) in [5.74, 6) is 1.25. The Hall–Kier alpha value is -3.00. The van der Waals surface area contributed by atoms with E-state index >= 15 is 0 Å². The summed E-state index contributed by atoms with van der Waals surface area (Å²) in [7, 11) is 3.21. The second-order valence-electron chi connectivity index (χ2n) is 9.11. The molecule has 2 aromatic carbocycles. The maximum absolute atomic E-state index is 12.7. The molecule has 0 saturated carbocycles. The molecular weight excluding hydrogens is 450 g/mol. The van der Waals surface area contributed by atoms with E-state index < -0.39 is 5.41 Å². The van der Waals surface area contributed by atoms with E-state index in [-0.39, 0.29) is 16.4 Å². The van der Waals surface area contributed by atoms with Crippen molar-refractivity contribution in [2.75, 3.05) is 26.1 Å². The number of thioether (sulfide) groups is 1. The van der Waals surface area contributed by atoms with Crippen LogP contribution in [0.4, 0.5) is 10.5 Å². The number of carbonyl (C=O) groups excluding carboxylic acids is 2. The first-order chi connectivity index (χ1) is 16.2. The van der Waals surface area contributed by atoms with Crippen LogP contribution < -0.4 is 14.8 Å². The van der Waals surface area contributed by atoms with Crippen molar-refractivity contribution in [3.8, 4) is 11.5 Å². The average molecular weight is 484 g/mol. The van der Waals surface area contributed by atoms with Gasteiger partial charge in [0, 0.05) is 23.2 Å². The molecule has 0 saturated heterocycles. The van der Waals surface area contributed by atoms with Crippen LogP contribution in [0.5, 0.6) is 11.5 Å². The van der Waals surface area contributed by atoms with E-state index in [9.17, 15) is 9.59 Å². The summed E-state index contributed by atoms with van der Waals surface area (Å²) in [6.07, 6.45) is 1.44. The van der Waals surface area contributed by atoms with Gasteiger partial charge in [-0.3, -0.25) is 9.59 Å². The number of rotatable bonds is 8. The molecule has 1 unspecified atom stereocenters. The summed E-state index contributed by atoms with van der Waals surface area (Å²) in [6, 6.07) is 13.4. The molecule has 1 heterocycles. The zero-order valence-electron chi connectivity index (χ0n) is 20.7. The zero-order chi connectivity index (χ0) is 24.9. The standard InChI is InChI=1S/C26H33N3O4S/c1-7-22-23(18-10-13-20(32-5)21(16-18)33-6)28-29(25(31)34-22)15-14-17-8-11-19(12-9-17)27-24(30)26(2,3)4/h8-13,16,22H,7,14-15H2,1-6H3,(H,27,30). The molecule has 1 N–H and O–H groups in total. The number of benzene rings is 2. The van der Waals surface area contributed by atoms with E-state index in [0.29, 0.717) is 24.5 Å². The Labute approximate surface area is 205 Å². The summed E-state index contributed by atoms with van der Waals surface area (Å²) in [4.78, 5) is 24.9. The van der Waals surface area contributed by atoms with E-state index in [2.05, 4.69) is 12.2 Å². The Kier molecular flexibility index (Phi) is 8.25. The van der Waals surface area contributed by atoms with Crippen molar-refractivity contribution in [3.05, 3.63) is 53.6 Å². The summed E-state index contributed by atoms with van der Waals surface area (Å²) in [5, 5.41) is 9.14. The maximum Gasteiger partial charge on any atom is 0.302 e. The highest BCUT2D eigenvalue weighted by atomic mass is 32.2. The largest absolute Gasteiger partial charge is 0.493 e. The Morgan fingerprint density at radius 2 is 1.76 bits per heavy atom. The molecular formula is C26H33N3O4S. The monoisotopic (exact) mass is 483 g/mol. The molecule has 34 heavy (non-hydrogen) atoms. The minimum Gasteiger partial charge on any atom is -0.493 e. The van der Waals surface area contributed by atoms with Gasteiger partial charge in [0.05, 0.1) is 25.2 Å². The first-order valence-electron chi connectivity index (χ1n) is 11.4. The summed E-state index contributed by atoms with van der Waals surface area (Å²) < 4.78 is 10.8. The lowest BCUT2D eigenvalue weighted by atomic mass is 9.95. The first-order valence-corrected chi connectivity index (χ1v) is 12.2. The molecule has 0 bridgehead atoms. The third kappa shape index (κ3) is 6.11. The molecule has 0 aliphatic carbocycles. The second kappa shape index (κ2) is 11.0. The number of amides is 2. The molecule has 182 valence electrons. The highest BCUT2D eigenvalue weighted by Gasteiger charge is 2.30. The number of hydrogen-bond donors (Lipinski definition) is 1. The third-order valence-electron chi connectivity index (χ3n) is 5.54. The predicted molar refractivity (Wildman–Crippen MR) is 138 cm³/mol. The van der Waals surface area contributed by atoms with Crippen molar-refractivity contribution in [3.63, 3.8) is 0 Å². The summed E-state index contributed by atoms with van der Waals surface area (Å²) in [5.41, 5.74) is 3.13. The number of anilines is 1. The third-order valence-corrected chi connectivity index (χ3v) is 6.80. The van der Waals surface area contributed by atoms with Crippen LogP contribution in [-0.2, 0) is 11.2 Å². The smallest absolute Gasteiger partial charge is 0.302 e. The second-order valence-corrected chi connectivity index (χ2v) is 10.3. The minimum absolute atomic E-state index is 0.0208. The van der Waals surface area contributed by atoms with E-state index in [1.165, 1.54) is 16.8 Å². The molecule has 0 radical (unpaired) electrons. The van der Waals surface area contributed by atoms with Crippen molar-refractivity contribution in [1.82, 2.24) is 5.01 Å². The molecule has 1 atom stereocenters. The lowest BCUT2D eigenvalue weighted by molar-refractivity contribution is -0.123. The fourth-order valence-electron chi connectivity index (χ4n) is 3.44. The topological polar surface area (TPSA) is 80.2 Å². The fraction of sp³-hybridized carbons (Fsp3) is 0.423. The Bertz CT molecular complexity index is 1060. The van der Waals surface area contributed by atoms with Crippen molar-refractivity contribution in [1.29, 1.82) is 0 Å². The van der Waals surface area contributed by atoms with E-state index in [4.69, 9.17) is 14.6 Å². The van der Waals surface area contributed by atoms with Gasteiger partial charge in [-0.05, 0) is 48.7 Å². The highest BCUT2D eigenvalue weighted by molar-refractivity contribution is 8.14. The normalized spacial score (nSPS) is 16.2. The van der Waals surface area contributed by atoms with Crippen molar-refractivity contribution >= 4 is 34.3 Å². The maximum atomic E-state index is 12.7. The van der Waals surface area contributed by atoms with E-state index in [1.807, 2.05) is 63.2 Å². The molecule has 1 aliphatic rings. The van der Waals surface area contributed by atoms with Gasteiger partial charge in [-0.1, -0.05) is 51.6 Å². The molecule has 0 aromatic heterocycles. The van der Waals surface area contributed by atoms with Gasteiger partial charge in [0.15, 0.2) is 11.5 Å². The average Bonchev–Trinajstić information content (AvgIpc) is 2.82. The number of nitrogens with one attached hydrogen (secondary N) is 1. The van der Waals surface area contributed by atoms with Crippen LogP contribution in [0.25, 0.3) is 0 Å². The number of nitrogens with zero attached hydrogens (tertiary/aromatic N) is 2. The van der Waals surface area contributed by atoms with Crippen LogP contribution in [0.1, 0.15) is 45.2 Å². The zero-order valence-corrected chi connectivity index (χ0v) is 21.5. The van der Waals surface area contributed by atoms with Crippen LogP contribution in [0.2, 0.25) is 0 Å². The van der Waals surface area contributed by atoms with Gasteiger partial charge in [-0.25, -0.2) is 5.01 Å². The van der Waals surface area contributed by atoms with Gasteiger partial charge in [0.2, 0.25) is 5.91 Å². The predicted octanol–water partition coefficient (Wildman–Crippen LogP) is 5.58.